The van der Waals surface area contributed by atoms with Crippen molar-refractivity contribution in [2.45, 2.75) is 11.6 Å². The summed E-state index contributed by atoms with van der Waals surface area (Å²) in [6.45, 7) is 0. The Labute approximate surface area is 151 Å². The first kappa shape index (κ1) is 17.6. The molecule has 132 valence electrons. The van der Waals surface area contributed by atoms with Gasteiger partial charge in [-0.05, 0) is 48.5 Å². The maximum Gasteiger partial charge on any atom is 0.192 e. The topological polar surface area (TPSA) is 138 Å². The van der Waals surface area contributed by atoms with E-state index < -0.39 is 11.6 Å². The van der Waals surface area contributed by atoms with Gasteiger partial charge in [0.2, 0.25) is 0 Å². The van der Waals surface area contributed by atoms with Gasteiger partial charge in [0.15, 0.2) is 11.6 Å². The summed E-state index contributed by atoms with van der Waals surface area (Å²) in [5.74, 6) is -0.546. The summed E-state index contributed by atoms with van der Waals surface area (Å²) in [6, 6.07) is 12.2. The lowest BCUT2D eigenvalue weighted by Gasteiger charge is -2.32. The number of carbonyl (C=O) groups is 2. The summed E-state index contributed by atoms with van der Waals surface area (Å²) < 4.78 is 0. The van der Waals surface area contributed by atoms with Gasteiger partial charge in [0.25, 0.3) is 0 Å². The smallest absolute Gasteiger partial charge is 0.192 e. The van der Waals surface area contributed by atoms with E-state index in [9.17, 15) is 9.59 Å². The van der Waals surface area contributed by atoms with E-state index in [4.69, 9.17) is 22.9 Å². The number of hydrogen-bond acceptors (Lipinski definition) is 6. The van der Waals surface area contributed by atoms with Gasteiger partial charge in [0.05, 0.1) is 6.04 Å². The third-order valence-electron chi connectivity index (χ3n) is 4.45. The monoisotopic (exact) mass is 348 g/mol. The van der Waals surface area contributed by atoms with E-state index in [1.165, 1.54) is 18.2 Å². The molecule has 2 unspecified atom stereocenters. The number of nitrogens with two attached hydrogens (primary N) is 4. The number of nitrogen functional groups attached to an aromatic ring is 2. The van der Waals surface area contributed by atoms with E-state index in [2.05, 4.69) is 0 Å². The number of anilines is 2. The van der Waals surface area contributed by atoms with Crippen molar-refractivity contribution in [2.24, 2.45) is 11.5 Å². The molecule has 2 atom stereocenters. The van der Waals surface area contributed by atoms with Gasteiger partial charge in [0.1, 0.15) is 5.54 Å². The first-order valence-electron chi connectivity index (χ1n) is 8.07. The van der Waals surface area contributed by atoms with Crippen LogP contribution in [0.15, 0.2) is 72.3 Å². The molecule has 0 amide bonds. The maximum atomic E-state index is 12.8. The highest BCUT2D eigenvalue weighted by Gasteiger charge is 2.39. The molecule has 0 spiro atoms. The fourth-order valence-corrected chi connectivity index (χ4v) is 2.79. The van der Waals surface area contributed by atoms with Crippen LogP contribution in [0.25, 0.3) is 0 Å². The predicted molar refractivity (Wildman–Crippen MR) is 102 cm³/mol. The lowest BCUT2D eigenvalue weighted by Crippen LogP contribution is -2.59. The van der Waals surface area contributed by atoms with Gasteiger partial charge in [0, 0.05) is 28.1 Å². The van der Waals surface area contributed by atoms with Crippen molar-refractivity contribution >= 4 is 22.9 Å². The molecule has 2 aromatic carbocycles. The van der Waals surface area contributed by atoms with E-state index in [1.54, 1.807) is 48.5 Å². The van der Waals surface area contributed by atoms with Gasteiger partial charge in [-0.15, -0.1) is 0 Å². The molecule has 6 heteroatoms. The molecule has 0 aliphatic heterocycles. The Morgan fingerprint density at radius 1 is 0.846 bits per heavy atom. The molecule has 6 nitrogen and oxygen atoms in total. The second-order valence-electron chi connectivity index (χ2n) is 6.32. The Kier molecular flexibility index (Phi) is 4.46. The van der Waals surface area contributed by atoms with Crippen LogP contribution >= 0.6 is 0 Å². The molecule has 0 radical (unpaired) electrons. The number of carbonyl (C=O) groups excluding carboxylic acids is 2. The molecular formula is C20H20N4O2. The van der Waals surface area contributed by atoms with Crippen LogP contribution in [-0.4, -0.2) is 23.1 Å². The first-order chi connectivity index (χ1) is 12.3. The second kappa shape index (κ2) is 6.59. The van der Waals surface area contributed by atoms with E-state index in [-0.39, 0.29) is 11.6 Å². The van der Waals surface area contributed by atoms with Crippen molar-refractivity contribution in [1.29, 1.82) is 0 Å². The Morgan fingerprint density at radius 3 is 1.85 bits per heavy atom. The highest BCUT2D eigenvalue weighted by atomic mass is 16.1. The predicted octanol–water partition coefficient (Wildman–Crippen LogP) is 1.44. The van der Waals surface area contributed by atoms with Gasteiger partial charge in [-0.3, -0.25) is 9.59 Å². The second-order valence-corrected chi connectivity index (χ2v) is 6.32. The van der Waals surface area contributed by atoms with Crippen molar-refractivity contribution < 1.29 is 9.59 Å². The molecule has 8 N–H and O–H groups in total. The van der Waals surface area contributed by atoms with Crippen molar-refractivity contribution in [2.75, 3.05) is 11.5 Å². The van der Waals surface area contributed by atoms with Gasteiger partial charge < -0.3 is 22.9 Å². The van der Waals surface area contributed by atoms with E-state index in [1.807, 2.05) is 0 Å². The van der Waals surface area contributed by atoms with Crippen LogP contribution in [0.4, 0.5) is 11.4 Å². The zero-order chi connectivity index (χ0) is 18.9. The first-order valence-corrected chi connectivity index (χ1v) is 8.07. The van der Waals surface area contributed by atoms with Crippen molar-refractivity contribution in [3.8, 4) is 0 Å². The third kappa shape index (κ3) is 3.15. The molecule has 2 aromatic rings. The molecular weight excluding hydrogens is 328 g/mol. The quantitative estimate of drug-likeness (QED) is 0.487. The lowest BCUT2D eigenvalue weighted by molar-refractivity contribution is 0.0908. The third-order valence-corrected chi connectivity index (χ3v) is 4.45. The minimum absolute atomic E-state index is 0.210. The number of rotatable bonds is 4. The van der Waals surface area contributed by atoms with Crippen molar-refractivity contribution in [3.63, 3.8) is 0 Å². The van der Waals surface area contributed by atoms with Crippen LogP contribution in [-0.2, 0) is 0 Å². The van der Waals surface area contributed by atoms with Crippen LogP contribution in [0.1, 0.15) is 20.7 Å². The zero-order valence-electron chi connectivity index (χ0n) is 14.1. The van der Waals surface area contributed by atoms with Crippen LogP contribution < -0.4 is 22.9 Å². The maximum absolute atomic E-state index is 12.8. The molecule has 0 saturated carbocycles. The number of benzene rings is 2. The van der Waals surface area contributed by atoms with Crippen LogP contribution in [0.2, 0.25) is 0 Å². The molecule has 1 aliphatic carbocycles. The van der Waals surface area contributed by atoms with E-state index >= 15 is 0 Å². The highest BCUT2D eigenvalue weighted by Crippen LogP contribution is 2.25. The van der Waals surface area contributed by atoms with Crippen molar-refractivity contribution in [1.82, 2.24) is 0 Å². The van der Waals surface area contributed by atoms with Crippen LogP contribution in [0.3, 0.4) is 0 Å². The standard InChI is InChI=1S/C20H20N4O2/c21-15-5-1-12(2-6-15)18(25)14-9-10-20(24,17(23)11-14)19(26)13-3-7-16(22)8-4-13/h1-11,17H,21-24H2. The molecule has 26 heavy (non-hydrogen) atoms. The van der Waals surface area contributed by atoms with Gasteiger partial charge in [-0.1, -0.05) is 18.2 Å². The SMILES string of the molecule is Nc1ccc(C(=O)C2=CC(N)C(N)(C(=O)c3ccc(N)cc3)C=C2)cc1. The minimum atomic E-state index is -1.43. The average Bonchev–Trinajstić information content (AvgIpc) is 2.64. The average molecular weight is 348 g/mol. The van der Waals surface area contributed by atoms with Gasteiger partial charge in [-0.2, -0.15) is 0 Å². The molecule has 0 heterocycles. The number of ketones is 2. The van der Waals surface area contributed by atoms with Crippen molar-refractivity contribution in [3.05, 3.63) is 83.5 Å². The zero-order valence-corrected chi connectivity index (χ0v) is 14.1. The summed E-state index contributed by atoms with van der Waals surface area (Å²) in [6.07, 6.45) is 4.55. The Hall–Kier alpha value is -3.22. The Morgan fingerprint density at radius 2 is 1.35 bits per heavy atom. The Bertz CT molecular complexity index is 914. The minimum Gasteiger partial charge on any atom is -0.399 e. The highest BCUT2D eigenvalue weighted by molar-refractivity contribution is 6.12. The summed E-state index contributed by atoms with van der Waals surface area (Å²) >= 11 is 0. The van der Waals surface area contributed by atoms with Crippen LogP contribution in [0.5, 0.6) is 0 Å². The summed E-state index contributed by atoms with van der Waals surface area (Å²) in [5.41, 5.74) is 24.7. The summed E-state index contributed by atoms with van der Waals surface area (Å²) in [7, 11) is 0. The molecule has 0 saturated heterocycles. The van der Waals surface area contributed by atoms with Gasteiger partial charge in [-0.25, -0.2) is 0 Å². The fourth-order valence-electron chi connectivity index (χ4n) is 2.79. The fraction of sp³-hybridized carbons (Fsp3) is 0.100. The number of hydrogen-bond donors (Lipinski definition) is 4. The molecule has 0 bridgehead atoms. The van der Waals surface area contributed by atoms with E-state index in [0.717, 1.165) is 0 Å². The largest absolute Gasteiger partial charge is 0.399 e. The Balaban J connectivity index is 1.85. The van der Waals surface area contributed by atoms with E-state index in [0.29, 0.717) is 28.1 Å². The van der Waals surface area contributed by atoms with Crippen LogP contribution in [0, 0.1) is 0 Å². The molecule has 0 aromatic heterocycles. The molecule has 0 fully saturated rings. The number of Topliss-reactive ketones (excluding diaryl/α,β-unsaturated/α-hetero) is 2. The molecule has 1 aliphatic rings. The van der Waals surface area contributed by atoms with Gasteiger partial charge >= 0.3 is 0 Å². The summed E-state index contributed by atoms with van der Waals surface area (Å²) in [4.78, 5) is 25.4. The number of allylic oxidation sites excluding steroid dienone is 2. The lowest BCUT2D eigenvalue weighted by atomic mass is 9.78. The summed E-state index contributed by atoms with van der Waals surface area (Å²) in [5, 5.41) is 0. The molecule has 3 rings (SSSR count). The normalized spacial score (nSPS) is 21.9.